The fourth-order valence-corrected chi connectivity index (χ4v) is 0.153. The second-order valence-corrected chi connectivity index (χ2v) is 0.814. The fraction of sp³-hybridized carbons (Fsp3) is 0.600. The van der Waals surface area contributed by atoms with E-state index in [4.69, 9.17) is 6.42 Å². The Hall–Kier alpha value is -0.480. The molecule has 0 aromatic heterocycles. The molecule has 0 aliphatic heterocycles. The molecule has 6 heavy (non-hydrogen) atoms. The Kier molecular flexibility index (Phi) is 4.16. The molecular formula is C5H7O. The van der Waals surface area contributed by atoms with Gasteiger partial charge in [-0.25, -0.2) is 0 Å². The average Bonchev–Trinajstić information content (AvgIpc) is 1.61. The second-order valence-electron chi connectivity index (χ2n) is 0.814. The molecule has 0 fully saturated rings. The van der Waals surface area contributed by atoms with Gasteiger partial charge in [0.2, 0.25) is 0 Å². The van der Waals surface area contributed by atoms with Crippen LogP contribution in [0, 0.1) is 12.3 Å². The van der Waals surface area contributed by atoms with Crippen molar-refractivity contribution in [3.05, 3.63) is 6.42 Å². The van der Waals surface area contributed by atoms with E-state index in [9.17, 15) is 0 Å². The summed E-state index contributed by atoms with van der Waals surface area (Å²) in [6, 6.07) is 0. The zero-order valence-electron chi connectivity index (χ0n) is 3.82. The Balaban J connectivity index is 2.54. The molecule has 0 rings (SSSR count). The summed E-state index contributed by atoms with van der Waals surface area (Å²) in [4.78, 5) is 0. The van der Waals surface area contributed by atoms with Crippen LogP contribution in [0.2, 0.25) is 0 Å². The lowest BCUT2D eigenvalue weighted by atomic mass is 10.7. The summed E-state index contributed by atoms with van der Waals surface area (Å²) < 4.78 is 4.68. The van der Waals surface area contributed by atoms with Gasteiger partial charge in [0.15, 0.2) is 0 Å². The van der Waals surface area contributed by atoms with Crippen LogP contribution in [0.25, 0.3) is 0 Å². The number of rotatable bonds is 2. The molecule has 0 spiro atoms. The smallest absolute Gasteiger partial charge is 0.108 e. The van der Waals surface area contributed by atoms with Crippen LogP contribution in [-0.4, -0.2) is 13.2 Å². The number of hydrogen-bond acceptors (Lipinski definition) is 1. The number of ether oxygens (including phenoxy) is 1. The summed E-state index contributed by atoms with van der Waals surface area (Å²) in [6.45, 7) is 2.89. The van der Waals surface area contributed by atoms with Gasteiger partial charge in [0.25, 0.3) is 0 Å². The standard InChI is InChI=1S/C5H7O/c1-3-5-6-4-2/h4-5H2,2H3. The first kappa shape index (κ1) is 5.52. The first-order valence-electron chi connectivity index (χ1n) is 1.89. The first-order valence-corrected chi connectivity index (χ1v) is 1.89. The summed E-state index contributed by atoms with van der Waals surface area (Å²) in [5.41, 5.74) is 0. The Morgan fingerprint density at radius 3 is 2.67 bits per heavy atom. The third-order valence-electron chi connectivity index (χ3n) is 0.378. The third-order valence-corrected chi connectivity index (χ3v) is 0.378. The Labute approximate surface area is 38.3 Å². The molecule has 0 aliphatic carbocycles. The highest BCUT2D eigenvalue weighted by atomic mass is 16.5. The lowest BCUT2D eigenvalue weighted by molar-refractivity contribution is 0.182. The van der Waals surface area contributed by atoms with Crippen molar-refractivity contribution in [2.45, 2.75) is 6.92 Å². The van der Waals surface area contributed by atoms with Crippen molar-refractivity contribution in [3.63, 3.8) is 0 Å². The van der Waals surface area contributed by atoms with Crippen LogP contribution in [0.15, 0.2) is 0 Å². The van der Waals surface area contributed by atoms with E-state index in [2.05, 4.69) is 10.7 Å². The van der Waals surface area contributed by atoms with E-state index in [0.29, 0.717) is 13.2 Å². The van der Waals surface area contributed by atoms with Crippen molar-refractivity contribution >= 4 is 0 Å². The van der Waals surface area contributed by atoms with Gasteiger partial charge < -0.3 is 4.74 Å². The molecule has 0 saturated carbocycles. The van der Waals surface area contributed by atoms with Crippen molar-refractivity contribution in [1.29, 1.82) is 0 Å². The molecule has 0 aliphatic rings. The highest BCUT2D eigenvalue weighted by Crippen LogP contribution is 1.65. The van der Waals surface area contributed by atoms with E-state index in [1.165, 1.54) is 0 Å². The van der Waals surface area contributed by atoms with Crippen LogP contribution in [0.4, 0.5) is 0 Å². The van der Waals surface area contributed by atoms with Gasteiger partial charge in [0.05, 0.1) is 0 Å². The van der Waals surface area contributed by atoms with Crippen molar-refractivity contribution in [3.8, 4) is 5.92 Å². The van der Waals surface area contributed by atoms with E-state index in [1.807, 2.05) is 6.92 Å². The minimum Gasteiger partial charge on any atom is -0.369 e. The van der Waals surface area contributed by atoms with Crippen LogP contribution < -0.4 is 0 Å². The lowest BCUT2D eigenvalue weighted by Crippen LogP contribution is -1.86. The van der Waals surface area contributed by atoms with Crippen LogP contribution in [0.5, 0.6) is 0 Å². The molecule has 0 unspecified atom stereocenters. The molecule has 0 amide bonds. The second kappa shape index (κ2) is 4.52. The molecule has 0 heterocycles. The molecule has 1 heteroatoms. The molecule has 33 valence electrons. The maximum atomic E-state index is 6.33. The molecule has 0 aromatic rings. The van der Waals surface area contributed by atoms with Crippen molar-refractivity contribution in [1.82, 2.24) is 0 Å². The zero-order valence-corrected chi connectivity index (χ0v) is 3.82. The van der Waals surface area contributed by atoms with Gasteiger partial charge in [-0.15, -0.1) is 0 Å². The van der Waals surface area contributed by atoms with Crippen LogP contribution >= 0.6 is 0 Å². The van der Waals surface area contributed by atoms with Crippen LogP contribution in [-0.2, 0) is 4.74 Å². The highest BCUT2D eigenvalue weighted by molar-refractivity contribution is 4.73. The third kappa shape index (κ3) is 3.52. The largest absolute Gasteiger partial charge is 0.369 e. The summed E-state index contributed by atoms with van der Waals surface area (Å²) in [5, 5.41) is 0. The van der Waals surface area contributed by atoms with Crippen molar-refractivity contribution < 1.29 is 4.74 Å². The van der Waals surface area contributed by atoms with Gasteiger partial charge in [0.1, 0.15) is 6.61 Å². The van der Waals surface area contributed by atoms with E-state index in [1.54, 1.807) is 0 Å². The topological polar surface area (TPSA) is 9.23 Å². The van der Waals surface area contributed by atoms with Gasteiger partial charge >= 0.3 is 0 Å². The minimum absolute atomic E-state index is 0.330. The lowest BCUT2D eigenvalue weighted by Gasteiger charge is -1.85. The molecule has 0 aromatic carbocycles. The quantitative estimate of drug-likeness (QED) is 0.351. The van der Waals surface area contributed by atoms with Crippen LogP contribution in [0.1, 0.15) is 6.92 Å². The SMILES string of the molecule is [C]#CCOCC. The minimum atomic E-state index is 0.330. The zero-order chi connectivity index (χ0) is 4.83. The van der Waals surface area contributed by atoms with Crippen LogP contribution in [0.3, 0.4) is 0 Å². The Bertz CT molecular complexity index is 51.4. The van der Waals surface area contributed by atoms with Gasteiger partial charge in [0, 0.05) is 6.61 Å². The van der Waals surface area contributed by atoms with Crippen molar-refractivity contribution in [2.75, 3.05) is 13.2 Å². The molecule has 0 atom stereocenters. The van der Waals surface area contributed by atoms with Gasteiger partial charge in [-0.2, -0.15) is 0 Å². The predicted molar refractivity (Wildman–Crippen MR) is 23.6 cm³/mol. The Morgan fingerprint density at radius 1 is 1.83 bits per heavy atom. The number of hydrogen-bond donors (Lipinski definition) is 0. The summed E-state index contributed by atoms with van der Waals surface area (Å²) in [7, 11) is 0. The fourth-order valence-electron chi connectivity index (χ4n) is 0.153. The molecule has 0 bridgehead atoms. The highest BCUT2D eigenvalue weighted by Gasteiger charge is 1.68. The maximum Gasteiger partial charge on any atom is 0.108 e. The average molecular weight is 83.1 g/mol. The predicted octanol–water partition coefficient (Wildman–Crippen LogP) is 0.613. The van der Waals surface area contributed by atoms with Crippen molar-refractivity contribution in [2.24, 2.45) is 0 Å². The first-order chi connectivity index (χ1) is 2.91. The molecule has 0 N–H and O–H groups in total. The van der Waals surface area contributed by atoms with E-state index in [0.717, 1.165) is 0 Å². The summed E-state index contributed by atoms with van der Waals surface area (Å²) in [5.74, 6) is 2.10. The van der Waals surface area contributed by atoms with Gasteiger partial charge in [-0.3, -0.25) is 0 Å². The van der Waals surface area contributed by atoms with E-state index < -0.39 is 0 Å². The molecule has 1 radical (unpaired) electrons. The Morgan fingerprint density at radius 2 is 2.50 bits per heavy atom. The summed E-state index contributed by atoms with van der Waals surface area (Å²) in [6.07, 6.45) is 6.33. The normalized spacial score (nSPS) is 7.33. The molecular weight excluding hydrogens is 76.1 g/mol. The summed E-state index contributed by atoms with van der Waals surface area (Å²) >= 11 is 0. The van der Waals surface area contributed by atoms with E-state index >= 15 is 0 Å². The van der Waals surface area contributed by atoms with Gasteiger partial charge in [-0.1, -0.05) is 5.92 Å². The molecule has 0 saturated heterocycles. The maximum absolute atomic E-state index is 6.33. The van der Waals surface area contributed by atoms with Gasteiger partial charge in [-0.05, 0) is 13.3 Å². The monoisotopic (exact) mass is 83.0 g/mol. The molecule has 1 nitrogen and oxygen atoms in total. The van der Waals surface area contributed by atoms with E-state index in [-0.39, 0.29) is 0 Å².